The number of nitrogens with zero attached hydrogens (tertiary/aromatic N) is 2. The van der Waals surface area contributed by atoms with Gasteiger partial charge in [0.1, 0.15) is 11.5 Å². The number of carbonyl (C=O) groups is 1. The molecule has 0 amide bonds. The third-order valence-electron chi connectivity index (χ3n) is 3.70. The molecule has 18 heavy (non-hydrogen) atoms. The Labute approximate surface area is 107 Å². The van der Waals surface area contributed by atoms with Gasteiger partial charge in [-0.05, 0) is 44.9 Å². The van der Waals surface area contributed by atoms with E-state index in [1.54, 1.807) is 0 Å². The summed E-state index contributed by atoms with van der Waals surface area (Å²) < 4.78 is 12.7. The molecule has 3 nitrogen and oxygen atoms in total. The lowest BCUT2D eigenvalue weighted by Gasteiger charge is -2.24. The fourth-order valence-electron chi connectivity index (χ4n) is 2.09. The third kappa shape index (κ3) is 3.35. The fraction of sp³-hybridized carbons (Fsp3) is 0.571. The van der Waals surface area contributed by atoms with Gasteiger partial charge in [-0.15, -0.1) is 0 Å². The van der Waals surface area contributed by atoms with Crippen LogP contribution in [0.25, 0.3) is 0 Å². The highest BCUT2D eigenvalue weighted by Gasteiger charge is 2.30. The van der Waals surface area contributed by atoms with Crippen molar-refractivity contribution in [2.75, 3.05) is 13.6 Å². The Kier molecular flexibility index (Phi) is 4.07. The van der Waals surface area contributed by atoms with Gasteiger partial charge in [0.15, 0.2) is 5.78 Å². The van der Waals surface area contributed by atoms with Gasteiger partial charge in [0, 0.05) is 19.0 Å². The molecule has 98 valence electrons. The molecule has 0 N–H and O–H groups in total. The average Bonchev–Trinajstić information content (AvgIpc) is 3.19. The predicted molar refractivity (Wildman–Crippen MR) is 68.0 cm³/mol. The summed E-state index contributed by atoms with van der Waals surface area (Å²) >= 11 is 0. The number of hydrogen-bond donors (Lipinski definition) is 0. The Hall–Kier alpha value is -1.29. The molecule has 1 fully saturated rings. The van der Waals surface area contributed by atoms with E-state index in [-0.39, 0.29) is 5.78 Å². The van der Waals surface area contributed by atoms with Gasteiger partial charge < -0.3 is 4.90 Å². The molecule has 0 spiro atoms. The van der Waals surface area contributed by atoms with E-state index < -0.39 is 5.82 Å². The van der Waals surface area contributed by atoms with E-state index in [1.165, 1.54) is 25.0 Å². The first-order chi connectivity index (χ1) is 8.58. The highest BCUT2D eigenvalue weighted by atomic mass is 19.1. The Bertz CT molecular complexity index is 414. The number of aromatic nitrogens is 1. The van der Waals surface area contributed by atoms with E-state index in [4.69, 9.17) is 0 Å². The average molecular weight is 250 g/mol. The monoisotopic (exact) mass is 250 g/mol. The predicted octanol–water partition coefficient (Wildman–Crippen LogP) is 2.52. The largest absolute Gasteiger partial charge is 0.303 e. The van der Waals surface area contributed by atoms with Crippen LogP contribution in [0.5, 0.6) is 0 Å². The first kappa shape index (κ1) is 13.1. The Morgan fingerprint density at radius 1 is 1.56 bits per heavy atom. The molecule has 0 saturated heterocycles. The van der Waals surface area contributed by atoms with Crippen molar-refractivity contribution < 1.29 is 9.18 Å². The van der Waals surface area contributed by atoms with Crippen LogP contribution in [0.4, 0.5) is 4.39 Å². The van der Waals surface area contributed by atoms with Crippen LogP contribution in [-0.2, 0) is 0 Å². The summed E-state index contributed by atoms with van der Waals surface area (Å²) in [4.78, 5) is 17.9. The molecule has 1 unspecified atom stereocenters. The van der Waals surface area contributed by atoms with Crippen LogP contribution in [0.3, 0.4) is 0 Å². The van der Waals surface area contributed by atoms with Crippen molar-refractivity contribution in [3.63, 3.8) is 0 Å². The number of rotatable bonds is 6. The van der Waals surface area contributed by atoms with Gasteiger partial charge in [-0.25, -0.2) is 4.39 Å². The van der Waals surface area contributed by atoms with E-state index in [2.05, 4.69) is 16.8 Å². The molecule has 0 aromatic carbocycles. The highest BCUT2D eigenvalue weighted by Crippen LogP contribution is 2.34. The maximum absolute atomic E-state index is 12.7. The molecule has 0 bridgehead atoms. The Morgan fingerprint density at radius 3 is 2.83 bits per heavy atom. The quantitative estimate of drug-likeness (QED) is 0.727. The van der Waals surface area contributed by atoms with Gasteiger partial charge in [0.2, 0.25) is 0 Å². The third-order valence-corrected chi connectivity index (χ3v) is 3.70. The normalized spacial score (nSPS) is 16.9. The molecular formula is C14H19FN2O. The van der Waals surface area contributed by atoms with Crippen molar-refractivity contribution in [2.45, 2.75) is 32.2 Å². The molecule has 4 heteroatoms. The minimum atomic E-state index is -0.411. The van der Waals surface area contributed by atoms with Gasteiger partial charge in [0.25, 0.3) is 0 Å². The van der Waals surface area contributed by atoms with Crippen LogP contribution in [-0.4, -0.2) is 35.3 Å². The lowest BCUT2D eigenvalue weighted by atomic mass is 10.1. The maximum atomic E-state index is 12.7. The minimum Gasteiger partial charge on any atom is -0.303 e. The van der Waals surface area contributed by atoms with Crippen LogP contribution < -0.4 is 0 Å². The number of halogens is 1. The van der Waals surface area contributed by atoms with Crippen molar-refractivity contribution >= 4 is 5.78 Å². The second-order valence-electron chi connectivity index (χ2n) is 5.09. The summed E-state index contributed by atoms with van der Waals surface area (Å²) in [6.45, 7) is 2.94. The van der Waals surface area contributed by atoms with E-state index in [1.807, 2.05) is 7.05 Å². The molecule has 1 saturated carbocycles. The van der Waals surface area contributed by atoms with Crippen LogP contribution in [0.1, 0.15) is 36.7 Å². The standard InChI is InChI=1S/C14H19FN2O/c1-10(11-3-4-11)17(2)8-7-14(18)13-6-5-12(15)9-16-13/h5-6,9-11H,3-4,7-8H2,1-2H3. The molecule has 1 aromatic heterocycles. The molecule has 0 aliphatic heterocycles. The maximum Gasteiger partial charge on any atom is 0.182 e. The van der Waals surface area contributed by atoms with Gasteiger partial charge in [-0.2, -0.15) is 0 Å². The zero-order valence-electron chi connectivity index (χ0n) is 10.9. The van der Waals surface area contributed by atoms with Crippen molar-refractivity contribution in [2.24, 2.45) is 5.92 Å². The zero-order valence-corrected chi connectivity index (χ0v) is 10.9. The Morgan fingerprint density at radius 2 is 2.28 bits per heavy atom. The van der Waals surface area contributed by atoms with Crippen molar-refractivity contribution in [3.05, 3.63) is 29.8 Å². The SMILES string of the molecule is CC(C1CC1)N(C)CCC(=O)c1ccc(F)cn1. The van der Waals surface area contributed by atoms with Crippen LogP contribution in [0.15, 0.2) is 18.3 Å². The second kappa shape index (κ2) is 5.57. The van der Waals surface area contributed by atoms with Gasteiger partial charge in [-0.3, -0.25) is 9.78 Å². The summed E-state index contributed by atoms with van der Waals surface area (Å²) in [6.07, 6.45) is 4.13. The van der Waals surface area contributed by atoms with Gasteiger partial charge >= 0.3 is 0 Å². The highest BCUT2D eigenvalue weighted by molar-refractivity contribution is 5.94. The molecule has 1 heterocycles. The first-order valence-corrected chi connectivity index (χ1v) is 6.43. The van der Waals surface area contributed by atoms with E-state index in [0.717, 1.165) is 18.7 Å². The molecule has 1 aliphatic carbocycles. The molecule has 1 aromatic rings. The van der Waals surface area contributed by atoms with Crippen molar-refractivity contribution in [1.82, 2.24) is 9.88 Å². The smallest absolute Gasteiger partial charge is 0.182 e. The van der Waals surface area contributed by atoms with Crippen LogP contribution in [0.2, 0.25) is 0 Å². The molecular weight excluding hydrogens is 231 g/mol. The molecule has 1 aliphatic rings. The summed E-state index contributed by atoms with van der Waals surface area (Å²) in [5.74, 6) is 0.366. The minimum absolute atomic E-state index is 0.0233. The fourth-order valence-corrected chi connectivity index (χ4v) is 2.09. The second-order valence-corrected chi connectivity index (χ2v) is 5.09. The number of Topliss-reactive ketones (excluding diaryl/α,β-unsaturated/α-hetero) is 1. The van der Waals surface area contributed by atoms with Gasteiger partial charge in [0.05, 0.1) is 6.20 Å². The van der Waals surface area contributed by atoms with E-state index >= 15 is 0 Å². The number of hydrogen-bond acceptors (Lipinski definition) is 3. The summed E-state index contributed by atoms with van der Waals surface area (Å²) in [5, 5.41) is 0. The Balaban J connectivity index is 1.82. The first-order valence-electron chi connectivity index (χ1n) is 6.43. The summed E-state index contributed by atoms with van der Waals surface area (Å²) in [5.41, 5.74) is 0.351. The number of pyridine rings is 1. The summed E-state index contributed by atoms with van der Waals surface area (Å²) in [7, 11) is 2.05. The molecule has 0 radical (unpaired) electrons. The van der Waals surface area contributed by atoms with Crippen molar-refractivity contribution in [3.8, 4) is 0 Å². The van der Waals surface area contributed by atoms with Crippen LogP contribution in [0, 0.1) is 11.7 Å². The van der Waals surface area contributed by atoms with Gasteiger partial charge in [-0.1, -0.05) is 0 Å². The van der Waals surface area contributed by atoms with Crippen LogP contribution >= 0.6 is 0 Å². The number of ketones is 1. The van der Waals surface area contributed by atoms with E-state index in [0.29, 0.717) is 18.2 Å². The lowest BCUT2D eigenvalue weighted by Crippen LogP contribution is -2.32. The summed E-state index contributed by atoms with van der Waals surface area (Å²) in [6, 6.07) is 3.26. The van der Waals surface area contributed by atoms with E-state index in [9.17, 15) is 9.18 Å². The zero-order chi connectivity index (χ0) is 13.1. The van der Waals surface area contributed by atoms with Crippen molar-refractivity contribution in [1.29, 1.82) is 0 Å². The topological polar surface area (TPSA) is 33.2 Å². The number of carbonyl (C=O) groups excluding carboxylic acids is 1. The molecule has 1 atom stereocenters. The molecule has 2 rings (SSSR count). The lowest BCUT2D eigenvalue weighted by molar-refractivity contribution is 0.0954.